The molecule has 0 saturated heterocycles. The third-order valence-electron chi connectivity index (χ3n) is 12.8. The Balaban J connectivity index is 1.41. The first-order valence-corrected chi connectivity index (χ1v) is 23.2. The Kier molecular flexibility index (Phi) is 8.58. The lowest BCUT2D eigenvalue weighted by molar-refractivity contribution is 0.466. The van der Waals surface area contributed by atoms with Crippen LogP contribution >= 0.6 is 0 Å². The zero-order valence-electron chi connectivity index (χ0n) is 53.4. The van der Waals surface area contributed by atoms with Crippen LogP contribution in [0.1, 0.15) is 132 Å². The van der Waals surface area contributed by atoms with Crippen molar-refractivity contribution in [3.05, 3.63) is 191 Å². The van der Waals surface area contributed by atoms with E-state index in [2.05, 4.69) is 51.7 Å². The van der Waals surface area contributed by atoms with Crippen molar-refractivity contribution in [2.45, 2.75) is 106 Å². The van der Waals surface area contributed by atoms with E-state index in [1.807, 2.05) is 130 Å². The largest absolute Gasteiger partial charge is 0.507 e. The summed E-state index contributed by atoms with van der Waals surface area (Å²) in [6.45, 7) is 15.2. The van der Waals surface area contributed by atoms with E-state index in [9.17, 15) is 6.48 Å². The molecule has 68 heavy (non-hydrogen) atoms. The summed E-state index contributed by atoms with van der Waals surface area (Å²) < 4.78 is 116. The van der Waals surface area contributed by atoms with Crippen LogP contribution in [-0.4, -0.2) is 19.6 Å². The third kappa shape index (κ3) is 8.93. The van der Waals surface area contributed by atoms with E-state index in [0.717, 1.165) is 27.8 Å². The fourth-order valence-electron chi connectivity index (χ4n) is 8.76. The minimum atomic E-state index is -3.00. The number of benzene rings is 7. The Bertz CT molecular complexity index is 3930. The van der Waals surface area contributed by atoms with Gasteiger partial charge in [0.2, 0.25) is 0 Å². The van der Waals surface area contributed by atoms with Crippen molar-refractivity contribution in [1.82, 2.24) is 14.5 Å². The summed E-state index contributed by atoms with van der Waals surface area (Å²) in [5.41, 5.74) is 7.50. The molecule has 1 N–H and O–H groups in total. The first-order chi connectivity index (χ1) is 37.7. The first-order valence-electron chi connectivity index (χ1n) is 29.7. The summed E-state index contributed by atoms with van der Waals surface area (Å²) in [6.07, 6.45) is -0.603. The maximum atomic E-state index is 12.6. The van der Waals surface area contributed by atoms with Gasteiger partial charge in [0, 0.05) is 31.1 Å². The van der Waals surface area contributed by atoms with E-state index < -0.39 is 78.2 Å². The Morgan fingerprint density at radius 2 is 1.28 bits per heavy atom. The molecule has 4 nitrogen and oxygen atoms in total. The maximum absolute atomic E-state index is 12.6. The molecule has 0 saturated carbocycles. The molecule has 9 aromatic rings. The molecule has 0 aliphatic heterocycles. The monoisotopic (exact) mass is 905 g/mol. The highest BCUT2D eigenvalue weighted by Gasteiger charge is 2.27. The summed E-state index contributed by atoms with van der Waals surface area (Å²) in [5, 5.41) is 12.6. The molecule has 0 fully saturated rings. The lowest BCUT2D eigenvalue weighted by Gasteiger charge is -2.22. The zero-order chi connectivity index (χ0) is 59.3. The van der Waals surface area contributed by atoms with Crippen molar-refractivity contribution in [1.29, 1.82) is 0 Å². The number of aromatic nitrogens is 3. The number of rotatable bonds is 9. The average molecular weight is 905 g/mol. The van der Waals surface area contributed by atoms with Crippen LogP contribution in [0.15, 0.2) is 158 Å². The highest BCUT2D eigenvalue weighted by Crippen LogP contribution is 2.46. The van der Waals surface area contributed by atoms with Crippen molar-refractivity contribution >= 4 is 11.0 Å². The Morgan fingerprint density at radius 1 is 0.574 bits per heavy atom. The average Bonchev–Trinajstić information content (AvgIpc) is 3.99. The number of pyridine rings is 1. The quantitative estimate of drug-likeness (QED) is 0.157. The second-order valence-electron chi connectivity index (χ2n) is 20.4. The molecule has 2 heterocycles. The van der Waals surface area contributed by atoms with Crippen LogP contribution in [0.3, 0.4) is 0 Å². The van der Waals surface area contributed by atoms with E-state index in [0.29, 0.717) is 61.5 Å². The number of phenols is 1. The fraction of sp³-hybridized carbons (Fsp3) is 0.250. The number of hydrogen-bond donors (Lipinski definition) is 1. The number of imidazole rings is 1. The number of fused-ring (bicyclic) bond motifs is 1. The summed E-state index contributed by atoms with van der Waals surface area (Å²) in [4.78, 5) is 10.0. The van der Waals surface area contributed by atoms with E-state index >= 15 is 0 Å². The molecule has 342 valence electrons. The molecule has 0 aliphatic rings. The van der Waals surface area contributed by atoms with Gasteiger partial charge in [-0.3, -0.25) is 9.55 Å². The minimum Gasteiger partial charge on any atom is -0.507 e. The fourth-order valence-corrected chi connectivity index (χ4v) is 8.76. The predicted molar refractivity (Wildman–Crippen MR) is 288 cm³/mol. The van der Waals surface area contributed by atoms with Crippen LogP contribution < -0.4 is 0 Å². The summed E-state index contributed by atoms with van der Waals surface area (Å²) in [7, 11) is 0. The first kappa shape index (κ1) is 32.6. The predicted octanol–water partition coefficient (Wildman–Crippen LogP) is 17.6. The van der Waals surface area contributed by atoms with Gasteiger partial charge in [-0.05, 0) is 146 Å². The molecule has 4 heteroatoms. The maximum Gasteiger partial charge on any atom is 0.149 e. The van der Waals surface area contributed by atoms with E-state index in [1.165, 1.54) is 0 Å². The lowest BCUT2D eigenvalue weighted by Crippen LogP contribution is -2.11. The molecule has 0 atom stereocenters. The normalized spacial score (nSPS) is 15.3. The second-order valence-corrected chi connectivity index (χ2v) is 20.4. The summed E-state index contributed by atoms with van der Waals surface area (Å²) >= 11 is 0. The minimum absolute atomic E-state index is 0.0479. The van der Waals surface area contributed by atoms with Gasteiger partial charge in [0.15, 0.2) is 0 Å². The Labute approximate surface area is 422 Å². The van der Waals surface area contributed by atoms with Crippen LogP contribution in [0.25, 0.3) is 83.9 Å². The second kappa shape index (κ2) is 17.9. The molecule has 2 aromatic heterocycles. The SMILES string of the molecule is [2H]c1nc(-c2cc(-c3cccc4c3nc(-c3cc(C(C)C)cc(C(C)C)c3O)n4-c3cc(-c4ccccc4)c(C([2H])([2H])[2H])cc3-c3ccc(C(C)(C)C)cc3)cc(C(C)(C)C)c2)c([2H])c(-c2c([2H])c([2H])c(C([2H])([2H])[2H])c([2H])c2[2H])c1[2H]. The number of phenolic OH excluding ortho intramolecular Hbond substituents is 1. The van der Waals surface area contributed by atoms with Gasteiger partial charge in [-0.15, -0.1) is 0 Å². The van der Waals surface area contributed by atoms with Gasteiger partial charge in [-0.2, -0.15) is 0 Å². The Morgan fingerprint density at radius 3 is 1.94 bits per heavy atom. The topological polar surface area (TPSA) is 50.9 Å². The molecular formula is C64H65N3O. The third-order valence-corrected chi connectivity index (χ3v) is 12.8. The smallest absolute Gasteiger partial charge is 0.149 e. The number of para-hydroxylation sites is 1. The number of hydrogen-bond acceptors (Lipinski definition) is 3. The van der Waals surface area contributed by atoms with E-state index in [-0.39, 0.29) is 34.3 Å². The van der Waals surface area contributed by atoms with Crippen molar-refractivity contribution in [2.24, 2.45) is 0 Å². The highest BCUT2D eigenvalue weighted by molar-refractivity contribution is 5.98. The molecule has 0 radical (unpaired) electrons. The van der Waals surface area contributed by atoms with Crippen LogP contribution in [0.5, 0.6) is 5.75 Å². The molecule has 7 aromatic carbocycles. The van der Waals surface area contributed by atoms with Gasteiger partial charge >= 0.3 is 0 Å². The van der Waals surface area contributed by atoms with Gasteiger partial charge in [-0.1, -0.05) is 178 Å². The van der Waals surface area contributed by atoms with Crippen LogP contribution in [0.2, 0.25) is 0 Å². The molecule has 0 aliphatic carbocycles. The molecular weight excluding hydrogens is 827 g/mol. The summed E-state index contributed by atoms with van der Waals surface area (Å²) in [6, 6.07) is 32.3. The van der Waals surface area contributed by atoms with Crippen molar-refractivity contribution < 1.29 is 22.9 Å². The standard InChI is InChI=1S/C64H65N3O/c1-39(2)47-35-53(40(3)4)61(68)56(36-47)62-66-60-52(48-32-49(34-51(33-48)64(10,11)12)57-37-46(29-30-65-57)43-23-21-41(5)22-24-43)19-16-20-58(60)67(62)59-38-54(44-17-14-13-15-18-44)42(6)31-55(59)45-25-27-50(28-26-45)63(7,8)9/h13-40,68H,1-12H3/i5D3,6D3,21D,22D,23D,24D,29D,30D,37D. The molecule has 0 bridgehead atoms. The van der Waals surface area contributed by atoms with Crippen molar-refractivity contribution in [2.75, 3.05) is 0 Å². The van der Waals surface area contributed by atoms with Gasteiger partial charge < -0.3 is 5.11 Å². The number of aromatic hydroxyl groups is 1. The van der Waals surface area contributed by atoms with Crippen LogP contribution in [0.4, 0.5) is 0 Å². The highest BCUT2D eigenvalue weighted by atomic mass is 16.3. The van der Waals surface area contributed by atoms with E-state index in [4.69, 9.17) is 21.4 Å². The van der Waals surface area contributed by atoms with Gasteiger partial charge in [-0.25, -0.2) is 4.98 Å². The van der Waals surface area contributed by atoms with Gasteiger partial charge in [0.1, 0.15) is 11.6 Å². The summed E-state index contributed by atoms with van der Waals surface area (Å²) in [5.74, 6) is 0.395. The van der Waals surface area contributed by atoms with Crippen LogP contribution in [-0.2, 0) is 10.8 Å². The molecule has 0 unspecified atom stereocenters. The van der Waals surface area contributed by atoms with Gasteiger partial charge in [0.25, 0.3) is 0 Å². The molecule has 0 amide bonds. The number of aryl methyl sites for hydroxylation is 1. The lowest BCUT2D eigenvalue weighted by atomic mass is 9.83. The van der Waals surface area contributed by atoms with Crippen LogP contribution in [0, 0.1) is 13.7 Å². The number of nitrogens with zero attached hydrogens (tertiary/aromatic N) is 3. The van der Waals surface area contributed by atoms with Gasteiger partial charge in [0.05, 0.1) is 37.6 Å². The van der Waals surface area contributed by atoms with E-state index in [1.54, 1.807) is 12.1 Å². The van der Waals surface area contributed by atoms with Crippen molar-refractivity contribution in [3.8, 4) is 78.6 Å². The molecule has 9 rings (SSSR count). The Hall–Kier alpha value is -7.04. The van der Waals surface area contributed by atoms with Crippen molar-refractivity contribution in [3.63, 3.8) is 0 Å². The zero-order valence-corrected chi connectivity index (χ0v) is 40.4. The molecule has 0 spiro atoms.